The van der Waals surface area contributed by atoms with Crippen molar-refractivity contribution in [3.63, 3.8) is 0 Å². The van der Waals surface area contributed by atoms with E-state index in [1.165, 1.54) is 0 Å². The number of hydrogen-bond acceptors (Lipinski definition) is 6. The minimum absolute atomic E-state index is 0.134. The molecule has 0 saturated carbocycles. The number of nitrogens with zero attached hydrogens (tertiary/aromatic N) is 2. The van der Waals surface area contributed by atoms with E-state index in [9.17, 15) is 4.79 Å². The second kappa shape index (κ2) is 6.93. The number of aryl methyl sites for hydroxylation is 2. The lowest BCUT2D eigenvalue weighted by atomic mass is 10.2. The van der Waals surface area contributed by atoms with E-state index in [4.69, 9.17) is 20.9 Å². The Hall–Kier alpha value is -2.18. The molecule has 0 amide bonds. The van der Waals surface area contributed by atoms with Crippen LogP contribution in [-0.4, -0.2) is 16.1 Å². The molecule has 0 aliphatic rings. The van der Waals surface area contributed by atoms with E-state index in [0.717, 1.165) is 11.1 Å². The summed E-state index contributed by atoms with van der Waals surface area (Å²) < 4.78 is 10.4. The molecular formula is C16H13ClN2O3S. The van der Waals surface area contributed by atoms with E-state index in [1.807, 2.05) is 29.8 Å². The number of ether oxygens (including phenoxy) is 1. The average Bonchev–Trinajstić information content (AvgIpc) is 3.19. The summed E-state index contributed by atoms with van der Waals surface area (Å²) in [4.78, 5) is 16.2. The summed E-state index contributed by atoms with van der Waals surface area (Å²) in [6.07, 6.45) is 0.453. The Balaban J connectivity index is 1.58. The summed E-state index contributed by atoms with van der Waals surface area (Å²) in [6.45, 7) is 1.90. The Morgan fingerprint density at radius 2 is 2.26 bits per heavy atom. The molecule has 23 heavy (non-hydrogen) atoms. The topological polar surface area (TPSA) is 65.2 Å². The molecule has 3 aromatic rings. The lowest BCUT2D eigenvalue weighted by Crippen LogP contribution is -2.09. The van der Waals surface area contributed by atoms with Gasteiger partial charge in [0.05, 0.1) is 11.4 Å². The predicted molar refractivity (Wildman–Crippen MR) is 87.8 cm³/mol. The van der Waals surface area contributed by atoms with Crippen molar-refractivity contribution in [1.82, 2.24) is 10.1 Å². The van der Waals surface area contributed by atoms with E-state index < -0.39 is 5.97 Å². The van der Waals surface area contributed by atoms with Crippen LogP contribution in [0.4, 0.5) is 0 Å². The summed E-state index contributed by atoms with van der Waals surface area (Å²) in [5, 5.41) is 8.17. The van der Waals surface area contributed by atoms with E-state index >= 15 is 0 Å². The third-order valence-electron chi connectivity index (χ3n) is 3.10. The third-order valence-corrected chi connectivity index (χ3v) is 4.10. The van der Waals surface area contributed by atoms with Crippen molar-refractivity contribution >= 4 is 28.9 Å². The molecule has 3 rings (SSSR count). The van der Waals surface area contributed by atoms with Crippen molar-refractivity contribution < 1.29 is 14.1 Å². The molecule has 118 valence electrons. The number of carbonyl (C=O) groups is 1. The van der Waals surface area contributed by atoms with Gasteiger partial charge in [-0.2, -0.15) is 16.3 Å². The van der Waals surface area contributed by atoms with Gasteiger partial charge in [0.2, 0.25) is 11.7 Å². The van der Waals surface area contributed by atoms with Crippen LogP contribution in [0.2, 0.25) is 5.02 Å². The zero-order valence-corrected chi connectivity index (χ0v) is 13.9. The molecule has 0 unspecified atom stereocenters. The summed E-state index contributed by atoms with van der Waals surface area (Å²) >= 11 is 7.56. The molecular weight excluding hydrogens is 336 g/mol. The van der Waals surface area contributed by atoms with Gasteiger partial charge < -0.3 is 9.26 Å². The van der Waals surface area contributed by atoms with E-state index in [0.29, 0.717) is 28.9 Å². The van der Waals surface area contributed by atoms with E-state index in [2.05, 4.69) is 10.1 Å². The van der Waals surface area contributed by atoms with Crippen molar-refractivity contribution in [2.45, 2.75) is 19.8 Å². The molecule has 1 aromatic carbocycles. The number of thiophene rings is 1. The minimum atomic E-state index is -0.396. The Labute approximate surface area is 141 Å². The molecule has 0 atom stereocenters. The van der Waals surface area contributed by atoms with Gasteiger partial charge in [-0.3, -0.25) is 4.79 Å². The molecule has 0 fully saturated rings. The second-order valence-corrected chi connectivity index (χ2v) is 6.12. The van der Waals surface area contributed by atoms with E-state index in [1.54, 1.807) is 23.5 Å². The van der Waals surface area contributed by atoms with Crippen LogP contribution in [0.5, 0.6) is 5.75 Å². The molecule has 0 radical (unpaired) electrons. The Morgan fingerprint density at radius 1 is 1.39 bits per heavy atom. The Morgan fingerprint density at radius 3 is 3.04 bits per heavy atom. The van der Waals surface area contributed by atoms with Gasteiger partial charge in [0.1, 0.15) is 5.75 Å². The number of halogens is 1. The smallest absolute Gasteiger partial charge is 0.311 e. The summed E-state index contributed by atoms with van der Waals surface area (Å²) in [5.74, 6) is 0.892. The van der Waals surface area contributed by atoms with Crippen molar-refractivity contribution in [2.75, 3.05) is 0 Å². The summed E-state index contributed by atoms with van der Waals surface area (Å²) in [7, 11) is 0. The fraction of sp³-hybridized carbons (Fsp3) is 0.188. The zero-order valence-electron chi connectivity index (χ0n) is 12.3. The lowest BCUT2D eigenvalue weighted by Gasteiger charge is -2.06. The van der Waals surface area contributed by atoms with Crippen molar-refractivity contribution in [1.29, 1.82) is 0 Å². The third kappa shape index (κ3) is 3.97. The molecule has 0 aliphatic carbocycles. The van der Waals surface area contributed by atoms with Gasteiger partial charge in [0.25, 0.3) is 0 Å². The summed E-state index contributed by atoms with van der Waals surface area (Å²) in [5.41, 5.74) is 1.87. The first-order valence-electron chi connectivity index (χ1n) is 6.94. The highest BCUT2D eigenvalue weighted by Crippen LogP contribution is 2.25. The van der Waals surface area contributed by atoms with Crippen LogP contribution in [0.25, 0.3) is 11.4 Å². The van der Waals surface area contributed by atoms with Crippen LogP contribution in [0.15, 0.2) is 39.5 Å². The maximum absolute atomic E-state index is 11.9. The van der Waals surface area contributed by atoms with Crippen molar-refractivity contribution in [3.05, 3.63) is 51.5 Å². The standard InChI is InChI=1S/C16H13ClN2O3S/c1-10-2-3-12(17)13(8-10)21-15(20)5-4-14-18-16(19-22-14)11-6-7-23-9-11/h2-3,6-9H,4-5H2,1H3. The normalized spacial score (nSPS) is 10.7. The van der Waals surface area contributed by atoms with Gasteiger partial charge in [0.15, 0.2) is 0 Å². The highest BCUT2D eigenvalue weighted by atomic mass is 35.5. The van der Waals surface area contributed by atoms with Crippen LogP contribution in [-0.2, 0) is 11.2 Å². The number of carbonyl (C=O) groups excluding carboxylic acids is 1. The zero-order chi connectivity index (χ0) is 16.2. The highest BCUT2D eigenvalue weighted by Gasteiger charge is 2.13. The largest absolute Gasteiger partial charge is 0.425 e. The maximum atomic E-state index is 11.9. The molecule has 0 aliphatic heterocycles. The first-order valence-corrected chi connectivity index (χ1v) is 8.26. The monoisotopic (exact) mass is 348 g/mol. The maximum Gasteiger partial charge on any atom is 0.311 e. The molecule has 0 saturated heterocycles. The fourth-order valence-electron chi connectivity index (χ4n) is 1.94. The molecule has 0 N–H and O–H groups in total. The van der Waals surface area contributed by atoms with Crippen LogP contribution >= 0.6 is 22.9 Å². The van der Waals surface area contributed by atoms with Gasteiger partial charge in [-0.15, -0.1) is 0 Å². The molecule has 5 nitrogen and oxygen atoms in total. The SMILES string of the molecule is Cc1ccc(Cl)c(OC(=O)CCc2nc(-c3ccsc3)no2)c1. The van der Waals surface area contributed by atoms with Gasteiger partial charge in [-0.05, 0) is 36.1 Å². The van der Waals surface area contributed by atoms with Gasteiger partial charge in [0, 0.05) is 17.4 Å². The van der Waals surface area contributed by atoms with Gasteiger partial charge >= 0.3 is 5.97 Å². The van der Waals surface area contributed by atoms with E-state index in [-0.39, 0.29) is 6.42 Å². The predicted octanol–water partition coefficient (Wildman–Crippen LogP) is 4.30. The number of hydrogen-bond donors (Lipinski definition) is 0. The van der Waals surface area contributed by atoms with Crippen LogP contribution in [0, 0.1) is 6.92 Å². The highest BCUT2D eigenvalue weighted by molar-refractivity contribution is 7.08. The average molecular weight is 349 g/mol. The first kappa shape index (κ1) is 15.7. The van der Waals surface area contributed by atoms with Gasteiger partial charge in [-0.1, -0.05) is 22.8 Å². The van der Waals surface area contributed by atoms with Crippen LogP contribution in [0.1, 0.15) is 17.9 Å². The van der Waals surface area contributed by atoms with Crippen molar-refractivity contribution in [3.8, 4) is 17.1 Å². The fourth-order valence-corrected chi connectivity index (χ4v) is 2.73. The number of aromatic nitrogens is 2. The first-order chi connectivity index (χ1) is 11.1. The van der Waals surface area contributed by atoms with Crippen molar-refractivity contribution in [2.24, 2.45) is 0 Å². The Bertz CT molecular complexity index is 815. The van der Waals surface area contributed by atoms with Crippen LogP contribution < -0.4 is 4.74 Å². The minimum Gasteiger partial charge on any atom is -0.425 e. The number of esters is 1. The Kier molecular flexibility index (Phi) is 4.73. The quantitative estimate of drug-likeness (QED) is 0.508. The van der Waals surface area contributed by atoms with Gasteiger partial charge in [-0.25, -0.2) is 0 Å². The molecule has 7 heteroatoms. The lowest BCUT2D eigenvalue weighted by molar-refractivity contribution is -0.134. The molecule has 0 spiro atoms. The van der Waals surface area contributed by atoms with Crippen LogP contribution in [0.3, 0.4) is 0 Å². The second-order valence-electron chi connectivity index (χ2n) is 4.93. The number of rotatable bonds is 5. The summed E-state index contributed by atoms with van der Waals surface area (Å²) in [6, 6.07) is 7.18. The molecule has 2 heterocycles. The molecule has 0 bridgehead atoms. The number of benzene rings is 1. The molecule has 2 aromatic heterocycles.